The monoisotopic (exact) mass is 347 g/mol. The first-order valence-electron chi connectivity index (χ1n) is 6.27. The van der Waals surface area contributed by atoms with Crippen LogP contribution in [0.25, 0.3) is 0 Å². The number of carbonyl (C=O) groups excluding carboxylic acids is 2. The van der Waals surface area contributed by atoms with Crippen LogP contribution >= 0.6 is 15.9 Å². The van der Waals surface area contributed by atoms with Crippen molar-refractivity contribution in [2.75, 3.05) is 12.4 Å². The summed E-state index contributed by atoms with van der Waals surface area (Å²) in [6.45, 7) is 1.95. The number of ether oxygens (including phenoxy) is 1. The van der Waals surface area contributed by atoms with Crippen molar-refractivity contribution in [3.05, 3.63) is 63.6 Å². The lowest BCUT2D eigenvalue weighted by molar-refractivity contribution is 0.0602. The van der Waals surface area contributed by atoms with Gasteiger partial charge in [-0.05, 0) is 37.3 Å². The second kappa shape index (κ2) is 6.54. The summed E-state index contributed by atoms with van der Waals surface area (Å²) in [5.41, 5.74) is 2.31. The summed E-state index contributed by atoms with van der Waals surface area (Å²) in [4.78, 5) is 24.0. The molecule has 2 rings (SSSR count). The highest BCUT2D eigenvalue weighted by atomic mass is 79.9. The van der Waals surface area contributed by atoms with Crippen LogP contribution < -0.4 is 5.32 Å². The summed E-state index contributed by atoms with van der Waals surface area (Å²) < 4.78 is 5.46. The van der Waals surface area contributed by atoms with Crippen LogP contribution in [-0.4, -0.2) is 19.0 Å². The fourth-order valence-electron chi connectivity index (χ4n) is 1.80. The molecule has 0 aliphatic rings. The van der Waals surface area contributed by atoms with Gasteiger partial charge in [-0.3, -0.25) is 4.79 Å². The molecule has 1 amide bonds. The van der Waals surface area contributed by atoms with Gasteiger partial charge in [-0.1, -0.05) is 33.6 Å². The summed E-state index contributed by atoms with van der Waals surface area (Å²) in [6.07, 6.45) is 0. The van der Waals surface area contributed by atoms with Gasteiger partial charge in [0, 0.05) is 10.0 Å². The Morgan fingerprint density at radius 3 is 2.38 bits per heavy atom. The third-order valence-corrected chi connectivity index (χ3v) is 3.44. The molecule has 0 fully saturated rings. The lowest BCUT2D eigenvalue weighted by atomic mass is 10.1. The molecule has 0 heterocycles. The van der Waals surface area contributed by atoms with Crippen LogP contribution in [0.5, 0.6) is 0 Å². The molecule has 0 saturated heterocycles. The summed E-state index contributed by atoms with van der Waals surface area (Å²) in [7, 11) is 1.30. The van der Waals surface area contributed by atoms with Crippen molar-refractivity contribution in [3.63, 3.8) is 0 Å². The Morgan fingerprint density at radius 2 is 1.76 bits per heavy atom. The third-order valence-electron chi connectivity index (χ3n) is 2.95. The molecule has 0 spiro atoms. The maximum absolute atomic E-state index is 12.2. The van der Waals surface area contributed by atoms with Crippen molar-refractivity contribution >= 4 is 33.5 Å². The van der Waals surface area contributed by atoms with Crippen LogP contribution in [0.1, 0.15) is 26.3 Å². The number of benzene rings is 2. The zero-order valence-electron chi connectivity index (χ0n) is 11.6. The minimum absolute atomic E-state index is 0.275. The Hall–Kier alpha value is -2.14. The Balaban J connectivity index is 2.28. The van der Waals surface area contributed by atoms with Gasteiger partial charge in [0.05, 0.1) is 18.4 Å². The van der Waals surface area contributed by atoms with E-state index >= 15 is 0 Å². The number of esters is 1. The maximum atomic E-state index is 12.2. The van der Waals surface area contributed by atoms with Crippen LogP contribution in [0.3, 0.4) is 0 Å². The lowest BCUT2D eigenvalue weighted by Gasteiger charge is -2.10. The van der Waals surface area contributed by atoms with E-state index in [1.807, 2.05) is 19.1 Å². The van der Waals surface area contributed by atoms with Gasteiger partial charge in [-0.2, -0.15) is 0 Å². The van der Waals surface area contributed by atoms with Gasteiger partial charge in [0.15, 0.2) is 0 Å². The molecule has 0 radical (unpaired) electrons. The largest absolute Gasteiger partial charge is 0.465 e. The second-order valence-corrected chi connectivity index (χ2v) is 5.42. The fourth-order valence-corrected chi connectivity index (χ4v) is 2.16. The molecule has 0 unspecified atom stereocenters. The molecular formula is C16H14BrNO3. The third kappa shape index (κ3) is 3.70. The zero-order chi connectivity index (χ0) is 15.4. The van der Waals surface area contributed by atoms with Crippen LogP contribution in [0.2, 0.25) is 0 Å². The number of methoxy groups -OCH3 is 1. The van der Waals surface area contributed by atoms with Crippen molar-refractivity contribution in [1.82, 2.24) is 0 Å². The summed E-state index contributed by atoms with van der Waals surface area (Å²) in [5.74, 6) is -0.780. The number of anilines is 1. The van der Waals surface area contributed by atoms with E-state index in [1.165, 1.54) is 7.11 Å². The summed E-state index contributed by atoms with van der Waals surface area (Å²) in [6, 6.07) is 12.2. The highest BCUT2D eigenvalue weighted by molar-refractivity contribution is 9.10. The van der Waals surface area contributed by atoms with Gasteiger partial charge in [0.1, 0.15) is 0 Å². The van der Waals surface area contributed by atoms with E-state index in [2.05, 4.69) is 21.2 Å². The van der Waals surface area contributed by atoms with E-state index in [4.69, 9.17) is 4.74 Å². The molecule has 0 aliphatic heterocycles. The molecule has 2 aromatic carbocycles. The number of amides is 1. The first kappa shape index (κ1) is 15.3. The molecule has 0 atom stereocenters. The summed E-state index contributed by atoms with van der Waals surface area (Å²) >= 11 is 3.29. The van der Waals surface area contributed by atoms with Gasteiger partial charge in [-0.15, -0.1) is 0 Å². The minimum Gasteiger partial charge on any atom is -0.465 e. The number of aryl methyl sites for hydroxylation is 1. The van der Waals surface area contributed by atoms with E-state index in [-0.39, 0.29) is 5.91 Å². The molecule has 0 aromatic heterocycles. The Morgan fingerprint density at radius 1 is 1.10 bits per heavy atom. The van der Waals surface area contributed by atoms with Crippen molar-refractivity contribution in [2.45, 2.75) is 6.92 Å². The van der Waals surface area contributed by atoms with E-state index in [0.717, 1.165) is 10.0 Å². The molecule has 0 bridgehead atoms. The van der Waals surface area contributed by atoms with Gasteiger partial charge in [0.2, 0.25) is 0 Å². The van der Waals surface area contributed by atoms with Gasteiger partial charge >= 0.3 is 5.97 Å². The molecule has 5 heteroatoms. The van der Waals surface area contributed by atoms with Crippen LogP contribution in [0, 0.1) is 6.92 Å². The molecular weight excluding hydrogens is 334 g/mol. The van der Waals surface area contributed by atoms with Gasteiger partial charge < -0.3 is 10.1 Å². The Kier molecular flexibility index (Phi) is 4.75. The molecule has 0 aliphatic carbocycles. The average molecular weight is 348 g/mol. The first-order valence-corrected chi connectivity index (χ1v) is 7.06. The Labute approximate surface area is 131 Å². The second-order valence-electron chi connectivity index (χ2n) is 4.50. The SMILES string of the molecule is COC(=O)c1cc(Br)ccc1NC(=O)c1ccc(C)cc1. The maximum Gasteiger partial charge on any atom is 0.340 e. The van der Waals surface area contributed by atoms with E-state index in [0.29, 0.717) is 16.8 Å². The molecule has 2 aromatic rings. The zero-order valence-corrected chi connectivity index (χ0v) is 13.2. The van der Waals surface area contributed by atoms with Crippen molar-refractivity contribution in [1.29, 1.82) is 0 Å². The van der Waals surface area contributed by atoms with E-state index in [9.17, 15) is 9.59 Å². The lowest BCUT2D eigenvalue weighted by Crippen LogP contribution is -2.15. The van der Waals surface area contributed by atoms with Crippen molar-refractivity contribution < 1.29 is 14.3 Å². The quantitative estimate of drug-likeness (QED) is 0.859. The number of rotatable bonds is 3. The predicted molar refractivity (Wildman–Crippen MR) is 84.6 cm³/mol. The van der Waals surface area contributed by atoms with Crippen LogP contribution in [0.15, 0.2) is 46.9 Å². The van der Waals surface area contributed by atoms with Gasteiger partial charge in [0.25, 0.3) is 5.91 Å². The first-order chi connectivity index (χ1) is 10.0. The highest BCUT2D eigenvalue weighted by Gasteiger charge is 2.15. The predicted octanol–water partition coefficient (Wildman–Crippen LogP) is 3.80. The molecule has 1 N–H and O–H groups in total. The van der Waals surface area contributed by atoms with Gasteiger partial charge in [-0.25, -0.2) is 4.79 Å². The van der Waals surface area contributed by atoms with Crippen molar-refractivity contribution in [3.8, 4) is 0 Å². The number of carbonyl (C=O) groups is 2. The average Bonchev–Trinajstić information content (AvgIpc) is 2.48. The van der Waals surface area contributed by atoms with Crippen LogP contribution in [-0.2, 0) is 4.74 Å². The molecule has 4 nitrogen and oxygen atoms in total. The minimum atomic E-state index is -0.504. The highest BCUT2D eigenvalue weighted by Crippen LogP contribution is 2.22. The number of halogens is 1. The summed E-state index contributed by atoms with van der Waals surface area (Å²) in [5, 5.41) is 2.73. The number of hydrogen-bond acceptors (Lipinski definition) is 3. The fraction of sp³-hybridized carbons (Fsp3) is 0.125. The van der Waals surface area contributed by atoms with Crippen molar-refractivity contribution in [2.24, 2.45) is 0 Å². The van der Waals surface area contributed by atoms with E-state index in [1.54, 1.807) is 30.3 Å². The standard InChI is InChI=1S/C16H14BrNO3/c1-10-3-5-11(6-4-10)15(19)18-14-8-7-12(17)9-13(14)16(20)21-2/h3-9H,1-2H3,(H,18,19). The van der Waals surface area contributed by atoms with E-state index < -0.39 is 5.97 Å². The smallest absolute Gasteiger partial charge is 0.340 e. The number of nitrogens with one attached hydrogen (secondary N) is 1. The van der Waals surface area contributed by atoms with Crippen LogP contribution in [0.4, 0.5) is 5.69 Å². The molecule has 108 valence electrons. The number of hydrogen-bond donors (Lipinski definition) is 1. The Bertz CT molecular complexity index is 680. The molecule has 21 heavy (non-hydrogen) atoms. The molecule has 0 saturated carbocycles. The topological polar surface area (TPSA) is 55.4 Å². The normalized spacial score (nSPS) is 10.0.